The van der Waals surface area contributed by atoms with Crippen LogP contribution in [0.15, 0.2) is 42.7 Å². The molecule has 6 nitrogen and oxygen atoms in total. The van der Waals surface area contributed by atoms with Crippen LogP contribution >= 0.6 is 0 Å². The summed E-state index contributed by atoms with van der Waals surface area (Å²) in [5.74, 6) is -0.438. The zero-order chi connectivity index (χ0) is 13.8. The number of aromatic hydroxyl groups is 1. The minimum atomic E-state index is -0.289. The van der Waals surface area contributed by atoms with E-state index >= 15 is 0 Å². The summed E-state index contributed by atoms with van der Waals surface area (Å²) in [5, 5.41) is 12.3. The number of hydrogen-bond acceptors (Lipinski definition) is 4. The van der Waals surface area contributed by atoms with Crippen molar-refractivity contribution in [3.8, 4) is 5.75 Å². The van der Waals surface area contributed by atoms with Crippen LogP contribution in [0, 0.1) is 0 Å². The Morgan fingerprint density at radius 2 is 1.85 bits per heavy atom. The predicted molar refractivity (Wildman–Crippen MR) is 72.2 cm³/mol. The first-order chi connectivity index (χ1) is 9.06. The molecule has 7 heteroatoms. The first-order valence-electron chi connectivity index (χ1n) is 5.68. The maximum absolute atomic E-state index is 11.8. The van der Waals surface area contributed by atoms with Gasteiger partial charge >= 0.3 is 0 Å². The monoisotopic (exact) mass is 294 g/mol. The minimum absolute atomic E-state index is 0. The molecule has 1 heterocycles. The number of anilines is 3. The lowest BCUT2D eigenvalue weighted by molar-refractivity contribution is -0.684. The van der Waals surface area contributed by atoms with Gasteiger partial charge in [-0.2, -0.15) is 4.57 Å². The maximum Gasteiger partial charge on any atom is 0.290 e. The number of halogens is 1. The molecule has 0 saturated heterocycles. The van der Waals surface area contributed by atoms with Gasteiger partial charge in [0.2, 0.25) is 6.54 Å². The van der Waals surface area contributed by atoms with Crippen LogP contribution in [0.1, 0.15) is 0 Å². The van der Waals surface area contributed by atoms with Crippen molar-refractivity contribution in [2.75, 3.05) is 16.8 Å². The second-order valence-corrected chi connectivity index (χ2v) is 4.10. The van der Waals surface area contributed by atoms with Gasteiger partial charge in [-0.3, -0.25) is 4.79 Å². The second kappa shape index (κ2) is 6.63. The quantitative estimate of drug-likeness (QED) is 0.285. The topological polar surface area (TPSA) is 105 Å². The summed E-state index contributed by atoms with van der Waals surface area (Å²) in [7, 11) is 0. The van der Waals surface area contributed by atoms with Crippen LogP contribution in [0.3, 0.4) is 0 Å². The van der Waals surface area contributed by atoms with E-state index in [0.717, 1.165) is 0 Å². The van der Waals surface area contributed by atoms with Crippen molar-refractivity contribution in [1.29, 1.82) is 0 Å². The third-order valence-corrected chi connectivity index (χ3v) is 2.54. The van der Waals surface area contributed by atoms with Gasteiger partial charge in [-0.1, -0.05) is 6.07 Å². The summed E-state index contributed by atoms with van der Waals surface area (Å²) in [6, 6.07) is 8.31. The van der Waals surface area contributed by atoms with E-state index in [-0.39, 0.29) is 42.0 Å². The van der Waals surface area contributed by atoms with Crippen LogP contribution in [0.2, 0.25) is 0 Å². The molecule has 0 aliphatic carbocycles. The molecule has 1 aromatic carbocycles. The molecule has 0 saturated carbocycles. The zero-order valence-corrected chi connectivity index (χ0v) is 11.3. The summed E-state index contributed by atoms with van der Waals surface area (Å²) in [5.41, 5.74) is 12.0. The SMILES string of the molecule is Nc1cc(N)c(NC(=O)C[n+]2ccccc2)c(O)c1.[Cl-]. The fraction of sp³-hybridized carbons (Fsp3) is 0.0769. The molecular weight excluding hydrogens is 280 g/mol. The van der Waals surface area contributed by atoms with E-state index in [1.165, 1.54) is 12.1 Å². The molecule has 0 aliphatic heterocycles. The number of nitrogens with one attached hydrogen (secondary N) is 1. The number of benzene rings is 1. The fourth-order valence-electron chi connectivity index (χ4n) is 1.69. The molecule has 0 atom stereocenters. The third kappa shape index (κ3) is 3.76. The van der Waals surface area contributed by atoms with E-state index in [2.05, 4.69) is 5.32 Å². The van der Waals surface area contributed by atoms with Crippen LogP contribution in [0.25, 0.3) is 0 Å². The first-order valence-corrected chi connectivity index (χ1v) is 5.68. The van der Waals surface area contributed by atoms with Crippen molar-refractivity contribution in [1.82, 2.24) is 0 Å². The molecular formula is C13H15ClN4O2. The molecule has 2 aromatic rings. The summed E-state index contributed by atoms with van der Waals surface area (Å²) in [6.07, 6.45) is 3.54. The molecule has 20 heavy (non-hydrogen) atoms. The number of nitrogen functional groups attached to an aromatic ring is 2. The molecule has 0 spiro atoms. The molecule has 2 rings (SSSR count). The van der Waals surface area contributed by atoms with Gasteiger partial charge in [-0.05, 0) is 6.07 Å². The van der Waals surface area contributed by atoms with Gasteiger partial charge in [0.05, 0.1) is 5.69 Å². The summed E-state index contributed by atoms with van der Waals surface area (Å²) in [6.45, 7) is 0.129. The fourth-order valence-corrected chi connectivity index (χ4v) is 1.69. The average Bonchev–Trinajstić information content (AvgIpc) is 2.35. The summed E-state index contributed by atoms with van der Waals surface area (Å²) >= 11 is 0. The number of phenolic OH excluding ortho intramolecular Hbond substituents is 1. The van der Waals surface area contributed by atoms with Crippen molar-refractivity contribution in [3.05, 3.63) is 42.7 Å². The Bertz CT molecular complexity index is 582. The molecule has 0 unspecified atom stereocenters. The number of rotatable bonds is 3. The molecule has 1 amide bonds. The third-order valence-electron chi connectivity index (χ3n) is 2.54. The maximum atomic E-state index is 11.8. The summed E-state index contributed by atoms with van der Waals surface area (Å²) in [4.78, 5) is 11.8. The normalized spacial score (nSPS) is 9.60. The Labute approximate surface area is 122 Å². The second-order valence-electron chi connectivity index (χ2n) is 4.10. The molecule has 6 N–H and O–H groups in total. The molecule has 0 aliphatic rings. The lowest BCUT2D eigenvalue weighted by Crippen LogP contribution is -3.00. The lowest BCUT2D eigenvalue weighted by Gasteiger charge is -2.09. The Morgan fingerprint density at radius 3 is 2.45 bits per heavy atom. The Kier molecular flexibility index (Phi) is 5.16. The van der Waals surface area contributed by atoms with Gasteiger partial charge in [0.25, 0.3) is 5.91 Å². The highest BCUT2D eigenvalue weighted by molar-refractivity contribution is 5.95. The van der Waals surface area contributed by atoms with Gasteiger partial charge in [0, 0.05) is 23.9 Å². The number of aromatic nitrogens is 1. The van der Waals surface area contributed by atoms with Crippen LogP contribution in [-0.4, -0.2) is 11.0 Å². The van der Waals surface area contributed by atoms with Crippen LogP contribution in [0.5, 0.6) is 5.75 Å². The van der Waals surface area contributed by atoms with Crippen molar-refractivity contribution < 1.29 is 26.9 Å². The number of pyridine rings is 1. The number of carbonyl (C=O) groups is 1. The van der Waals surface area contributed by atoms with Crippen molar-refractivity contribution >= 4 is 23.0 Å². The van der Waals surface area contributed by atoms with E-state index in [4.69, 9.17) is 11.5 Å². The highest BCUT2D eigenvalue weighted by Crippen LogP contribution is 2.32. The van der Waals surface area contributed by atoms with Crippen LogP contribution in [0.4, 0.5) is 17.1 Å². The van der Waals surface area contributed by atoms with Gasteiger partial charge in [-0.15, -0.1) is 0 Å². The molecule has 0 bridgehead atoms. The predicted octanol–water partition coefficient (Wildman–Crippen LogP) is -2.51. The van der Waals surface area contributed by atoms with Crippen molar-refractivity contribution in [2.24, 2.45) is 0 Å². The lowest BCUT2D eigenvalue weighted by atomic mass is 10.2. The van der Waals surface area contributed by atoms with Gasteiger partial charge in [0.1, 0.15) is 11.4 Å². The summed E-state index contributed by atoms with van der Waals surface area (Å²) < 4.78 is 1.71. The average molecular weight is 295 g/mol. The minimum Gasteiger partial charge on any atom is -1.00 e. The smallest absolute Gasteiger partial charge is 0.290 e. The van der Waals surface area contributed by atoms with Crippen molar-refractivity contribution in [3.63, 3.8) is 0 Å². The van der Waals surface area contributed by atoms with Crippen LogP contribution in [-0.2, 0) is 11.3 Å². The number of amides is 1. The number of carbonyl (C=O) groups excluding carboxylic acids is 1. The highest BCUT2D eigenvalue weighted by atomic mass is 35.5. The first kappa shape index (κ1) is 15.6. The van der Waals surface area contributed by atoms with E-state index in [1.807, 2.05) is 18.2 Å². The van der Waals surface area contributed by atoms with Crippen molar-refractivity contribution in [2.45, 2.75) is 6.54 Å². The van der Waals surface area contributed by atoms with E-state index < -0.39 is 0 Å². The number of nitrogens with zero attached hydrogens (tertiary/aromatic N) is 1. The molecule has 1 aromatic heterocycles. The molecule has 0 radical (unpaired) electrons. The number of hydrogen-bond donors (Lipinski definition) is 4. The van der Waals surface area contributed by atoms with E-state index in [9.17, 15) is 9.90 Å². The Hall–Kier alpha value is -2.47. The standard InChI is InChI=1S/C13H14N4O2.ClH/c14-9-6-10(15)13(11(18)7-9)16-12(19)8-17-4-2-1-3-5-17;/h1-7H,8,14-15H2,(H-,16,18,19);1H. The van der Waals surface area contributed by atoms with E-state index in [0.29, 0.717) is 5.69 Å². The van der Waals surface area contributed by atoms with Gasteiger partial charge in [0.15, 0.2) is 12.4 Å². The zero-order valence-electron chi connectivity index (χ0n) is 10.6. The van der Waals surface area contributed by atoms with Crippen LogP contribution < -0.4 is 33.8 Å². The number of phenols is 1. The highest BCUT2D eigenvalue weighted by Gasteiger charge is 2.14. The van der Waals surface area contributed by atoms with Gasteiger partial charge in [-0.25, -0.2) is 0 Å². The Balaban J connectivity index is 0.00000200. The number of nitrogens with two attached hydrogens (primary N) is 2. The Morgan fingerprint density at radius 1 is 1.20 bits per heavy atom. The van der Waals surface area contributed by atoms with Gasteiger partial charge < -0.3 is 34.3 Å². The largest absolute Gasteiger partial charge is 1.00 e. The molecule has 0 fully saturated rings. The molecule has 106 valence electrons. The van der Waals surface area contributed by atoms with E-state index in [1.54, 1.807) is 17.0 Å².